The number of nitrogens with zero attached hydrogens (tertiary/aromatic N) is 1. The van der Waals surface area contributed by atoms with Gasteiger partial charge in [-0.3, -0.25) is 9.59 Å². The minimum Gasteiger partial charge on any atom is -0.494 e. The predicted octanol–water partition coefficient (Wildman–Crippen LogP) is 3.54. The molecule has 1 atom stereocenters. The number of carbonyl (C=O) groups is 2. The number of benzene rings is 1. The van der Waals surface area contributed by atoms with Gasteiger partial charge in [0.1, 0.15) is 5.75 Å². The van der Waals surface area contributed by atoms with Crippen molar-refractivity contribution in [2.24, 2.45) is 5.41 Å². The predicted molar refractivity (Wildman–Crippen MR) is 106 cm³/mol. The summed E-state index contributed by atoms with van der Waals surface area (Å²) in [6, 6.07) is 12.6. The van der Waals surface area contributed by atoms with Crippen LogP contribution in [0.25, 0.3) is 0 Å². The van der Waals surface area contributed by atoms with Crippen molar-refractivity contribution in [3.8, 4) is 11.7 Å². The maximum absolute atomic E-state index is 12.9. The summed E-state index contributed by atoms with van der Waals surface area (Å²) in [5.41, 5.74) is -0.796. The van der Waals surface area contributed by atoms with E-state index in [1.54, 1.807) is 24.0 Å². The summed E-state index contributed by atoms with van der Waals surface area (Å²) in [4.78, 5) is 27.4. The highest BCUT2D eigenvalue weighted by Crippen LogP contribution is 2.36. The van der Waals surface area contributed by atoms with Crippen molar-refractivity contribution < 1.29 is 28.2 Å². The van der Waals surface area contributed by atoms with Crippen LogP contribution in [0.5, 0.6) is 11.7 Å². The molecule has 1 aromatic carbocycles. The molecule has 0 bridgehead atoms. The molecule has 0 saturated carbocycles. The minimum atomic E-state index is -0.796. The van der Waals surface area contributed by atoms with Crippen LogP contribution in [-0.2, 0) is 9.53 Å². The van der Waals surface area contributed by atoms with Crippen LogP contribution in [0.1, 0.15) is 36.7 Å². The Labute approximate surface area is 170 Å². The smallest absolute Gasteiger partial charge is 0.314 e. The molecule has 2 heterocycles. The lowest BCUT2D eigenvalue weighted by atomic mass is 9.77. The molecule has 1 aliphatic rings. The van der Waals surface area contributed by atoms with Crippen LogP contribution in [0.3, 0.4) is 0 Å². The number of carbonyl (C=O) groups excluding carboxylic acids is 2. The summed E-state index contributed by atoms with van der Waals surface area (Å²) in [6.07, 6.45) is 1.81. The van der Waals surface area contributed by atoms with Gasteiger partial charge < -0.3 is 23.5 Å². The Balaban J connectivity index is 1.72. The van der Waals surface area contributed by atoms with Gasteiger partial charge in [0.25, 0.3) is 11.9 Å². The van der Waals surface area contributed by atoms with Gasteiger partial charge in [-0.2, -0.15) is 0 Å². The number of amides is 1. The number of piperidine rings is 1. The molecule has 156 valence electrons. The number of methoxy groups -OCH3 is 1. The number of hydrogen-bond donors (Lipinski definition) is 0. The number of esters is 1. The van der Waals surface area contributed by atoms with Crippen LogP contribution < -0.4 is 9.47 Å². The maximum atomic E-state index is 12.9. The second-order valence-corrected chi connectivity index (χ2v) is 7.07. The molecule has 1 saturated heterocycles. The van der Waals surface area contributed by atoms with E-state index in [4.69, 9.17) is 18.6 Å². The lowest BCUT2D eigenvalue weighted by Crippen LogP contribution is -2.51. The van der Waals surface area contributed by atoms with Gasteiger partial charge in [0.15, 0.2) is 5.76 Å². The second-order valence-electron chi connectivity index (χ2n) is 7.07. The van der Waals surface area contributed by atoms with E-state index < -0.39 is 5.41 Å². The molecule has 7 heteroatoms. The number of para-hydroxylation sites is 1. The lowest BCUT2D eigenvalue weighted by molar-refractivity contribution is -0.159. The fourth-order valence-corrected chi connectivity index (χ4v) is 3.64. The summed E-state index contributed by atoms with van der Waals surface area (Å²) in [5, 5.41) is 0. The van der Waals surface area contributed by atoms with Crippen molar-refractivity contribution in [1.82, 2.24) is 4.90 Å². The number of rotatable bonds is 8. The molecule has 0 unspecified atom stereocenters. The van der Waals surface area contributed by atoms with Crippen LogP contribution in [0, 0.1) is 5.41 Å². The average molecular weight is 401 g/mol. The Morgan fingerprint density at radius 2 is 1.97 bits per heavy atom. The fraction of sp³-hybridized carbons (Fsp3) is 0.455. The molecule has 1 amide bonds. The Kier molecular flexibility index (Phi) is 6.80. The molecule has 1 aliphatic heterocycles. The summed E-state index contributed by atoms with van der Waals surface area (Å²) >= 11 is 0. The summed E-state index contributed by atoms with van der Waals surface area (Å²) < 4.78 is 21.6. The van der Waals surface area contributed by atoms with Crippen LogP contribution in [0.4, 0.5) is 0 Å². The van der Waals surface area contributed by atoms with Gasteiger partial charge in [0.2, 0.25) is 0 Å². The SMILES string of the molecule is CCOC(=O)[C@]1(CCOc2ccccc2)CCCN(C(=O)c2ccc(OC)o2)C1. The maximum Gasteiger partial charge on any atom is 0.314 e. The number of hydrogen-bond acceptors (Lipinski definition) is 6. The Morgan fingerprint density at radius 3 is 2.66 bits per heavy atom. The first-order valence-electron chi connectivity index (χ1n) is 9.86. The van der Waals surface area contributed by atoms with Crippen LogP contribution in [-0.4, -0.2) is 50.2 Å². The van der Waals surface area contributed by atoms with E-state index in [0.717, 1.165) is 5.75 Å². The third kappa shape index (κ3) is 4.91. The van der Waals surface area contributed by atoms with Crippen molar-refractivity contribution in [2.45, 2.75) is 26.2 Å². The van der Waals surface area contributed by atoms with E-state index in [9.17, 15) is 9.59 Å². The van der Waals surface area contributed by atoms with Crippen LogP contribution in [0.15, 0.2) is 46.9 Å². The molecule has 0 N–H and O–H groups in total. The Bertz CT molecular complexity index is 818. The second kappa shape index (κ2) is 9.49. The van der Waals surface area contributed by atoms with Crippen molar-refractivity contribution >= 4 is 11.9 Å². The first-order valence-corrected chi connectivity index (χ1v) is 9.86. The first-order chi connectivity index (χ1) is 14.1. The van der Waals surface area contributed by atoms with E-state index in [0.29, 0.717) is 39.0 Å². The Morgan fingerprint density at radius 1 is 1.17 bits per heavy atom. The standard InChI is InChI=1S/C22H27NO6/c1-3-27-21(25)22(13-15-28-17-8-5-4-6-9-17)12-7-14-23(16-22)20(24)18-10-11-19(26-2)29-18/h4-6,8-11H,3,7,12-16H2,1-2H3/t22-/m0/s1. The van der Waals surface area contributed by atoms with Gasteiger partial charge in [-0.05, 0) is 44.4 Å². The van der Waals surface area contributed by atoms with Crippen molar-refractivity contribution in [3.63, 3.8) is 0 Å². The average Bonchev–Trinajstić information content (AvgIpc) is 3.23. The normalized spacial score (nSPS) is 18.9. The topological polar surface area (TPSA) is 78.2 Å². The molecule has 0 radical (unpaired) electrons. The highest BCUT2D eigenvalue weighted by Gasteiger charge is 2.45. The largest absolute Gasteiger partial charge is 0.494 e. The van der Waals surface area contributed by atoms with Gasteiger partial charge in [0.05, 0.1) is 25.7 Å². The van der Waals surface area contributed by atoms with E-state index in [1.807, 2.05) is 30.3 Å². The summed E-state index contributed by atoms with van der Waals surface area (Å²) in [7, 11) is 1.48. The molecule has 1 aromatic heterocycles. The van der Waals surface area contributed by atoms with Gasteiger partial charge in [-0.1, -0.05) is 18.2 Å². The molecule has 0 spiro atoms. The van der Waals surface area contributed by atoms with E-state index >= 15 is 0 Å². The van der Waals surface area contributed by atoms with Crippen molar-refractivity contribution in [2.75, 3.05) is 33.4 Å². The fourth-order valence-electron chi connectivity index (χ4n) is 3.64. The number of likely N-dealkylation sites (tertiary alicyclic amines) is 1. The Hall–Kier alpha value is -2.96. The third-order valence-electron chi connectivity index (χ3n) is 5.16. The molecular formula is C22H27NO6. The number of ether oxygens (including phenoxy) is 3. The summed E-state index contributed by atoms with van der Waals surface area (Å²) in [6.45, 7) is 3.27. The molecule has 3 rings (SSSR count). The highest BCUT2D eigenvalue weighted by molar-refractivity contribution is 5.92. The van der Waals surface area contributed by atoms with Crippen molar-refractivity contribution in [3.05, 3.63) is 48.2 Å². The molecule has 29 heavy (non-hydrogen) atoms. The number of furan rings is 1. The van der Waals surface area contributed by atoms with Gasteiger partial charge in [0, 0.05) is 19.2 Å². The third-order valence-corrected chi connectivity index (χ3v) is 5.16. The zero-order valence-electron chi connectivity index (χ0n) is 16.9. The van der Waals surface area contributed by atoms with Gasteiger partial charge in [-0.25, -0.2) is 0 Å². The molecule has 2 aromatic rings. The van der Waals surface area contributed by atoms with Crippen LogP contribution >= 0.6 is 0 Å². The minimum absolute atomic E-state index is 0.196. The lowest BCUT2D eigenvalue weighted by Gasteiger charge is -2.40. The van der Waals surface area contributed by atoms with E-state index in [-0.39, 0.29) is 30.1 Å². The first kappa shape index (κ1) is 20.8. The van der Waals surface area contributed by atoms with E-state index in [2.05, 4.69) is 0 Å². The van der Waals surface area contributed by atoms with Gasteiger partial charge >= 0.3 is 5.97 Å². The monoisotopic (exact) mass is 401 g/mol. The molecular weight excluding hydrogens is 374 g/mol. The van der Waals surface area contributed by atoms with E-state index in [1.165, 1.54) is 7.11 Å². The highest BCUT2D eigenvalue weighted by atomic mass is 16.6. The molecule has 1 fully saturated rings. The van der Waals surface area contributed by atoms with Gasteiger partial charge in [-0.15, -0.1) is 0 Å². The van der Waals surface area contributed by atoms with Crippen LogP contribution in [0.2, 0.25) is 0 Å². The zero-order chi connectivity index (χ0) is 20.7. The zero-order valence-corrected chi connectivity index (χ0v) is 16.9. The molecule has 0 aliphatic carbocycles. The quantitative estimate of drug-likeness (QED) is 0.630. The van der Waals surface area contributed by atoms with Crippen molar-refractivity contribution in [1.29, 1.82) is 0 Å². The summed E-state index contributed by atoms with van der Waals surface area (Å²) in [5.74, 6) is 0.676. The molecule has 7 nitrogen and oxygen atoms in total.